The van der Waals surface area contributed by atoms with E-state index in [1.54, 1.807) is 72.8 Å². The van der Waals surface area contributed by atoms with Gasteiger partial charge in [-0.1, -0.05) is 56.5 Å². The molecule has 0 saturated heterocycles. The van der Waals surface area contributed by atoms with Crippen molar-refractivity contribution in [3.63, 3.8) is 0 Å². The normalized spacial score (nSPS) is 12.3. The molecule has 0 spiro atoms. The van der Waals surface area contributed by atoms with Crippen LogP contribution in [-0.2, 0) is 38.1 Å². The SMILES string of the molecule is C=CC(=O)OCCCCCCOC(=O)Oc1ccc(C=CC(=O)Oc2ccc3c(c2)C(C)c2cc(OC(=O)C=Cc4ccc(OC(=O)OCCCCCCOC(=O)C=C)cc4)ccc2-3)cc1. The Morgan fingerprint density at radius 2 is 0.788 bits per heavy atom. The number of hydrogen-bond donors (Lipinski definition) is 0. The second-order valence-electron chi connectivity index (χ2n) is 14.8. The number of ether oxygens (including phenoxy) is 8. The van der Waals surface area contributed by atoms with Crippen LogP contribution in [0.1, 0.15) is 86.5 Å². The highest BCUT2D eigenvalue weighted by atomic mass is 16.7. The molecule has 14 nitrogen and oxygen atoms in total. The fourth-order valence-electron chi connectivity index (χ4n) is 6.65. The third-order valence-corrected chi connectivity index (χ3v) is 10.0. The molecule has 344 valence electrons. The molecule has 0 aliphatic heterocycles. The van der Waals surface area contributed by atoms with Crippen LogP contribution < -0.4 is 18.9 Å². The van der Waals surface area contributed by atoms with Crippen molar-refractivity contribution in [1.29, 1.82) is 0 Å². The van der Waals surface area contributed by atoms with Gasteiger partial charge in [0.05, 0.1) is 26.4 Å². The van der Waals surface area contributed by atoms with Crippen LogP contribution in [0.15, 0.2) is 122 Å². The first kappa shape index (κ1) is 49.3. The molecule has 0 aromatic heterocycles. The molecule has 0 atom stereocenters. The zero-order chi connectivity index (χ0) is 47.1. The minimum absolute atomic E-state index is 0.0755. The molecule has 4 aromatic carbocycles. The highest BCUT2D eigenvalue weighted by Gasteiger charge is 2.27. The van der Waals surface area contributed by atoms with Crippen LogP contribution >= 0.6 is 0 Å². The third kappa shape index (κ3) is 16.4. The van der Waals surface area contributed by atoms with Gasteiger partial charge in [-0.2, -0.15) is 0 Å². The summed E-state index contributed by atoms with van der Waals surface area (Å²) in [6, 6.07) is 24.0. The first-order chi connectivity index (χ1) is 32.0. The number of benzene rings is 4. The Balaban J connectivity index is 1.01. The number of hydrogen-bond acceptors (Lipinski definition) is 14. The van der Waals surface area contributed by atoms with E-state index >= 15 is 0 Å². The Morgan fingerprint density at radius 3 is 1.15 bits per heavy atom. The molecule has 5 rings (SSSR count). The maximum Gasteiger partial charge on any atom is 0.513 e. The van der Waals surface area contributed by atoms with Crippen molar-refractivity contribution in [2.24, 2.45) is 0 Å². The molecule has 0 amide bonds. The van der Waals surface area contributed by atoms with Gasteiger partial charge in [0.15, 0.2) is 0 Å². The van der Waals surface area contributed by atoms with Gasteiger partial charge in [-0.05, 0) is 145 Å². The summed E-state index contributed by atoms with van der Waals surface area (Å²) in [5.41, 5.74) is 5.24. The van der Waals surface area contributed by atoms with E-state index in [4.69, 9.17) is 37.9 Å². The molecule has 0 bridgehead atoms. The third-order valence-electron chi connectivity index (χ3n) is 10.0. The number of rotatable bonds is 24. The molecule has 66 heavy (non-hydrogen) atoms. The largest absolute Gasteiger partial charge is 0.513 e. The van der Waals surface area contributed by atoms with Crippen LogP contribution in [-0.4, -0.2) is 62.6 Å². The molecule has 0 radical (unpaired) electrons. The molecule has 0 saturated carbocycles. The van der Waals surface area contributed by atoms with Gasteiger partial charge >= 0.3 is 36.2 Å². The maximum absolute atomic E-state index is 12.8. The zero-order valence-electron chi connectivity index (χ0n) is 36.7. The lowest BCUT2D eigenvalue weighted by Gasteiger charge is -2.09. The number of carbonyl (C=O) groups is 6. The lowest BCUT2D eigenvalue weighted by atomic mass is 9.99. The minimum Gasteiger partial charge on any atom is -0.463 e. The van der Waals surface area contributed by atoms with Crippen molar-refractivity contribution < 1.29 is 66.7 Å². The molecular weight excluding hydrogens is 849 g/mol. The smallest absolute Gasteiger partial charge is 0.463 e. The first-order valence-corrected chi connectivity index (χ1v) is 21.6. The van der Waals surface area contributed by atoms with E-state index in [-0.39, 0.29) is 30.6 Å². The van der Waals surface area contributed by atoms with Crippen LogP contribution in [0.5, 0.6) is 23.0 Å². The average molecular weight is 901 g/mol. The van der Waals surface area contributed by atoms with Crippen LogP contribution in [0.4, 0.5) is 9.59 Å². The van der Waals surface area contributed by atoms with Crippen molar-refractivity contribution in [3.05, 3.63) is 145 Å². The van der Waals surface area contributed by atoms with Crippen molar-refractivity contribution in [3.8, 4) is 34.1 Å². The molecule has 14 heteroatoms. The van der Waals surface area contributed by atoms with Crippen molar-refractivity contribution in [2.75, 3.05) is 26.4 Å². The van der Waals surface area contributed by atoms with E-state index in [2.05, 4.69) is 13.2 Å². The van der Waals surface area contributed by atoms with Gasteiger partial charge < -0.3 is 37.9 Å². The molecule has 4 aromatic rings. The van der Waals surface area contributed by atoms with Gasteiger partial charge in [-0.15, -0.1) is 0 Å². The predicted octanol–water partition coefficient (Wildman–Crippen LogP) is 10.7. The minimum atomic E-state index is -0.818. The Morgan fingerprint density at radius 1 is 0.439 bits per heavy atom. The molecule has 1 aliphatic carbocycles. The Labute approximate surface area is 383 Å². The quantitative estimate of drug-likeness (QED) is 0.0162. The fraction of sp³-hybridized carbons (Fsp3) is 0.269. The molecule has 1 aliphatic rings. The standard InChI is InChI=1S/C52H52O14/c1-4-47(53)59-30-10-6-8-12-32-61-51(57)65-39-20-14-37(15-21-39)18-28-49(55)63-41-24-26-43-44-27-25-42(35-46(44)36(3)45(43)34-41)64-50(56)29-19-38-16-22-40(23-17-38)66-52(58)62-33-13-9-7-11-31-60-48(54)5-2/h4-5,14-29,34-36H,1-2,6-13,30-33H2,3H3. The highest BCUT2D eigenvalue weighted by Crippen LogP contribution is 2.47. The summed E-state index contributed by atoms with van der Waals surface area (Å²) in [4.78, 5) is 71.7. The first-order valence-electron chi connectivity index (χ1n) is 21.6. The fourth-order valence-corrected chi connectivity index (χ4v) is 6.65. The summed E-state index contributed by atoms with van der Waals surface area (Å²) in [6.45, 7) is 9.76. The molecule has 0 N–H and O–H groups in total. The van der Waals surface area contributed by atoms with E-state index in [1.165, 1.54) is 12.2 Å². The predicted molar refractivity (Wildman–Crippen MR) is 245 cm³/mol. The molecule has 0 fully saturated rings. The summed E-state index contributed by atoms with van der Waals surface area (Å²) in [7, 11) is 0. The van der Waals surface area contributed by atoms with Crippen LogP contribution in [0.3, 0.4) is 0 Å². The number of esters is 4. The average Bonchev–Trinajstić information content (AvgIpc) is 3.59. The van der Waals surface area contributed by atoms with Crippen LogP contribution in [0.2, 0.25) is 0 Å². The monoisotopic (exact) mass is 900 g/mol. The van der Waals surface area contributed by atoms with E-state index < -0.39 is 36.2 Å². The summed E-state index contributed by atoms with van der Waals surface area (Å²) < 4.78 is 41.8. The van der Waals surface area contributed by atoms with Crippen molar-refractivity contribution in [1.82, 2.24) is 0 Å². The summed E-state index contributed by atoms with van der Waals surface area (Å²) in [5, 5.41) is 0. The van der Waals surface area contributed by atoms with Gasteiger partial charge in [-0.25, -0.2) is 28.8 Å². The van der Waals surface area contributed by atoms with E-state index in [0.29, 0.717) is 61.5 Å². The van der Waals surface area contributed by atoms with Crippen LogP contribution in [0.25, 0.3) is 23.3 Å². The van der Waals surface area contributed by atoms with Gasteiger partial charge in [0.2, 0.25) is 0 Å². The Hall–Kier alpha value is -7.74. The van der Waals surface area contributed by atoms with Crippen molar-refractivity contribution >= 4 is 48.3 Å². The van der Waals surface area contributed by atoms with Gasteiger partial charge in [0.1, 0.15) is 23.0 Å². The Bertz CT molecular complexity index is 2230. The summed E-state index contributed by atoms with van der Waals surface area (Å²) in [5.74, 6) is -0.791. The number of fused-ring (bicyclic) bond motifs is 3. The van der Waals surface area contributed by atoms with Crippen LogP contribution in [0, 0.1) is 0 Å². The van der Waals surface area contributed by atoms with Crippen molar-refractivity contribution in [2.45, 2.75) is 64.2 Å². The summed E-state index contributed by atoms with van der Waals surface area (Å²) in [6.07, 6.45) is 12.4. The number of carbonyl (C=O) groups excluding carboxylic acids is 6. The van der Waals surface area contributed by atoms with Gasteiger partial charge in [-0.3, -0.25) is 0 Å². The zero-order valence-corrected chi connectivity index (χ0v) is 36.7. The molecule has 0 unspecified atom stereocenters. The van der Waals surface area contributed by atoms with E-state index in [9.17, 15) is 28.8 Å². The molecular formula is C52H52O14. The highest BCUT2D eigenvalue weighted by molar-refractivity contribution is 5.90. The number of unbranched alkanes of at least 4 members (excludes halogenated alkanes) is 6. The Kier molecular flexibility index (Phi) is 19.5. The summed E-state index contributed by atoms with van der Waals surface area (Å²) >= 11 is 0. The topological polar surface area (TPSA) is 176 Å². The van der Waals surface area contributed by atoms with E-state index in [1.807, 2.05) is 31.2 Å². The van der Waals surface area contributed by atoms with Gasteiger partial charge in [0.25, 0.3) is 0 Å². The lowest BCUT2D eigenvalue weighted by molar-refractivity contribution is -0.138. The van der Waals surface area contributed by atoms with E-state index in [0.717, 1.165) is 60.1 Å². The van der Waals surface area contributed by atoms with Gasteiger partial charge in [0, 0.05) is 30.2 Å². The lowest BCUT2D eigenvalue weighted by Crippen LogP contribution is -2.11. The second-order valence-corrected chi connectivity index (χ2v) is 14.8. The maximum atomic E-state index is 12.8. The molecule has 0 heterocycles. The second kappa shape index (κ2) is 26.1.